The van der Waals surface area contributed by atoms with E-state index < -0.39 is 11.9 Å². The summed E-state index contributed by atoms with van der Waals surface area (Å²) in [7, 11) is 1.22. The second-order valence-corrected chi connectivity index (χ2v) is 7.66. The van der Waals surface area contributed by atoms with Gasteiger partial charge in [0.15, 0.2) is 11.0 Å². The first-order valence-electron chi connectivity index (χ1n) is 8.87. The normalized spacial score (nSPS) is 11.7. The summed E-state index contributed by atoms with van der Waals surface area (Å²) < 4.78 is 41.5. The monoisotopic (exact) mass is 458 g/mol. The third-order valence-corrected chi connectivity index (χ3v) is 5.39. The van der Waals surface area contributed by atoms with Crippen LogP contribution < -0.4 is 5.32 Å². The van der Waals surface area contributed by atoms with E-state index in [1.165, 1.54) is 7.05 Å². The van der Waals surface area contributed by atoms with Crippen LogP contribution in [-0.4, -0.2) is 36.2 Å². The third kappa shape index (κ3) is 5.14. The van der Waals surface area contributed by atoms with Crippen molar-refractivity contribution < 1.29 is 18.0 Å². The number of aryl methyl sites for hydroxylation is 1. The molecule has 0 aliphatic heterocycles. The number of hydrogen-bond donors (Lipinski definition) is 1. The molecule has 2 aromatic heterocycles. The topological polar surface area (TPSA) is 77.6 Å². The van der Waals surface area contributed by atoms with E-state index in [0.29, 0.717) is 23.3 Å². The van der Waals surface area contributed by atoms with Gasteiger partial charge in [-0.1, -0.05) is 35.5 Å². The first kappa shape index (κ1) is 22.2. The predicted octanol–water partition coefficient (Wildman–Crippen LogP) is 3.78. The van der Waals surface area contributed by atoms with Gasteiger partial charge in [-0.2, -0.15) is 18.3 Å². The molecule has 7 nitrogen and oxygen atoms in total. The van der Waals surface area contributed by atoms with E-state index in [4.69, 9.17) is 11.6 Å². The number of aromatic nitrogens is 5. The van der Waals surface area contributed by atoms with Gasteiger partial charge in [-0.05, 0) is 30.7 Å². The summed E-state index contributed by atoms with van der Waals surface area (Å²) in [4.78, 5) is 12.1. The molecule has 2 heterocycles. The second-order valence-electron chi connectivity index (χ2n) is 6.28. The van der Waals surface area contributed by atoms with Gasteiger partial charge in [0.05, 0.1) is 5.75 Å². The lowest BCUT2D eigenvalue weighted by Gasteiger charge is -2.07. The van der Waals surface area contributed by atoms with Crippen molar-refractivity contribution in [2.24, 2.45) is 7.05 Å². The number of carbonyl (C=O) groups excluding carboxylic acids is 1. The first-order valence-corrected chi connectivity index (χ1v) is 10.2. The number of nitrogens with one attached hydrogen (secondary N) is 1. The van der Waals surface area contributed by atoms with Crippen LogP contribution >= 0.6 is 23.4 Å². The van der Waals surface area contributed by atoms with Gasteiger partial charge in [0.25, 0.3) is 0 Å². The SMILES string of the molecule is CCn1c(SCC(=O)NCc2ccc(Cl)cc2)nnc1-c1cc(C(F)(F)F)n(C)n1. The summed E-state index contributed by atoms with van der Waals surface area (Å²) in [6.45, 7) is 2.58. The number of alkyl halides is 3. The van der Waals surface area contributed by atoms with Gasteiger partial charge in [0, 0.05) is 25.2 Å². The standard InChI is InChI=1S/C18H18ClF3N6OS/c1-3-28-16(13-8-14(18(20,21)22)27(2)26-13)24-25-17(28)30-10-15(29)23-9-11-4-6-12(19)7-5-11/h4-8H,3,9-10H2,1-2H3,(H,23,29). The molecule has 0 aliphatic carbocycles. The average Bonchev–Trinajstić information content (AvgIpc) is 3.28. The molecule has 0 aliphatic rings. The van der Waals surface area contributed by atoms with Crippen molar-refractivity contribution in [1.82, 2.24) is 29.9 Å². The summed E-state index contributed by atoms with van der Waals surface area (Å²) in [6.07, 6.45) is -4.52. The highest BCUT2D eigenvalue weighted by Gasteiger charge is 2.35. The lowest BCUT2D eigenvalue weighted by atomic mass is 10.2. The minimum atomic E-state index is -4.52. The fraction of sp³-hybridized carbons (Fsp3) is 0.333. The number of hydrogen-bond acceptors (Lipinski definition) is 5. The number of amides is 1. The molecule has 30 heavy (non-hydrogen) atoms. The quantitative estimate of drug-likeness (QED) is 0.545. The maximum atomic E-state index is 13.0. The summed E-state index contributed by atoms with van der Waals surface area (Å²) in [5.41, 5.74) is 0.101. The Labute approximate surface area is 179 Å². The van der Waals surface area contributed by atoms with E-state index in [1.807, 2.05) is 19.1 Å². The van der Waals surface area contributed by atoms with Crippen molar-refractivity contribution in [2.45, 2.75) is 31.3 Å². The Hall–Kier alpha value is -2.53. The number of carbonyl (C=O) groups is 1. The summed E-state index contributed by atoms with van der Waals surface area (Å²) >= 11 is 6.98. The Bertz CT molecular complexity index is 1030. The molecule has 0 fully saturated rings. The van der Waals surface area contributed by atoms with Crippen molar-refractivity contribution >= 4 is 29.3 Å². The van der Waals surface area contributed by atoms with Crippen LogP contribution in [0.5, 0.6) is 0 Å². The zero-order chi connectivity index (χ0) is 21.9. The zero-order valence-corrected chi connectivity index (χ0v) is 17.6. The lowest BCUT2D eigenvalue weighted by Crippen LogP contribution is -2.24. The van der Waals surface area contributed by atoms with Crippen LogP contribution in [0.1, 0.15) is 18.2 Å². The molecule has 1 amide bonds. The Morgan fingerprint density at radius 2 is 1.93 bits per heavy atom. The number of nitrogens with zero attached hydrogens (tertiary/aromatic N) is 5. The number of halogens is 4. The van der Waals surface area contributed by atoms with Gasteiger partial charge in [-0.3, -0.25) is 9.48 Å². The molecule has 3 aromatic rings. The van der Waals surface area contributed by atoms with Gasteiger partial charge in [-0.15, -0.1) is 10.2 Å². The van der Waals surface area contributed by atoms with E-state index in [2.05, 4.69) is 20.6 Å². The Balaban J connectivity index is 1.66. The molecule has 1 aromatic carbocycles. The number of rotatable bonds is 7. The number of benzene rings is 1. The summed E-state index contributed by atoms with van der Waals surface area (Å²) in [5, 5.41) is 15.7. The predicted molar refractivity (Wildman–Crippen MR) is 107 cm³/mol. The lowest BCUT2D eigenvalue weighted by molar-refractivity contribution is -0.143. The van der Waals surface area contributed by atoms with Crippen LogP contribution in [0.2, 0.25) is 5.02 Å². The Kier molecular flexibility index (Phi) is 6.71. The molecular formula is C18H18ClF3N6OS. The van der Waals surface area contributed by atoms with Crippen molar-refractivity contribution in [1.29, 1.82) is 0 Å². The molecule has 0 spiro atoms. The molecule has 0 saturated heterocycles. The van der Waals surface area contributed by atoms with Gasteiger partial charge in [0.1, 0.15) is 11.4 Å². The molecule has 12 heteroatoms. The molecule has 0 radical (unpaired) electrons. The van der Waals surface area contributed by atoms with Crippen LogP contribution in [0.15, 0.2) is 35.5 Å². The van der Waals surface area contributed by atoms with Crippen LogP contribution in [0.4, 0.5) is 13.2 Å². The second kappa shape index (κ2) is 9.09. The van der Waals surface area contributed by atoms with Crippen molar-refractivity contribution in [3.05, 3.63) is 46.6 Å². The summed E-state index contributed by atoms with van der Waals surface area (Å²) in [5.74, 6) is 0.0916. The molecule has 1 N–H and O–H groups in total. The smallest absolute Gasteiger partial charge is 0.351 e. The van der Waals surface area contributed by atoms with E-state index in [9.17, 15) is 18.0 Å². The Morgan fingerprint density at radius 3 is 2.53 bits per heavy atom. The fourth-order valence-corrected chi connectivity index (χ4v) is 3.65. The van der Waals surface area contributed by atoms with E-state index in [-0.39, 0.29) is 23.2 Å². The minimum Gasteiger partial charge on any atom is -0.351 e. The maximum absolute atomic E-state index is 13.0. The fourth-order valence-electron chi connectivity index (χ4n) is 2.70. The molecule has 0 saturated carbocycles. The molecule has 0 bridgehead atoms. The van der Waals surface area contributed by atoms with Crippen LogP contribution in [0, 0.1) is 0 Å². The van der Waals surface area contributed by atoms with E-state index in [0.717, 1.165) is 28.1 Å². The largest absolute Gasteiger partial charge is 0.433 e. The third-order valence-electron chi connectivity index (χ3n) is 4.17. The minimum absolute atomic E-state index is 0.0678. The van der Waals surface area contributed by atoms with Gasteiger partial charge >= 0.3 is 6.18 Å². The van der Waals surface area contributed by atoms with Crippen LogP contribution in [0.25, 0.3) is 11.5 Å². The first-order chi connectivity index (χ1) is 14.2. The highest BCUT2D eigenvalue weighted by molar-refractivity contribution is 7.99. The van der Waals surface area contributed by atoms with Crippen LogP contribution in [0.3, 0.4) is 0 Å². The van der Waals surface area contributed by atoms with Crippen molar-refractivity contribution in [3.8, 4) is 11.5 Å². The molecular weight excluding hydrogens is 441 g/mol. The average molecular weight is 459 g/mol. The van der Waals surface area contributed by atoms with Crippen LogP contribution in [-0.2, 0) is 31.1 Å². The van der Waals surface area contributed by atoms with Gasteiger partial charge < -0.3 is 9.88 Å². The van der Waals surface area contributed by atoms with Gasteiger partial charge in [-0.25, -0.2) is 0 Å². The van der Waals surface area contributed by atoms with Crippen molar-refractivity contribution in [2.75, 3.05) is 5.75 Å². The number of thioether (sulfide) groups is 1. The van der Waals surface area contributed by atoms with Crippen molar-refractivity contribution in [3.63, 3.8) is 0 Å². The molecule has 0 atom stereocenters. The highest BCUT2D eigenvalue weighted by Crippen LogP contribution is 2.32. The van der Waals surface area contributed by atoms with E-state index >= 15 is 0 Å². The highest BCUT2D eigenvalue weighted by atomic mass is 35.5. The molecule has 160 valence electrons. The molecule has 0 unspecified atom stereocenters. The van der Waals surface area contributed by atoms with E-state index in [1.54, 1.807) is 16.7 Å². The van der Waals surface area contributed by atoms with Gasteiger partial charge in [0.2, 0.25) is 5.91 Å². The summed E-state index contributed by atoms with van der Waals surface area (Å²) in [6, 6.07) is 8.05. The Morgan fingerprint density at radius 1 is 1.23 bits per heavy atom. The maximum Gasteiger partial charge on any atom is 0.433 e. The zero-order valence-electron chi connectivity index (χ0n) is 16.1. The molecule has 3 rings (SSSR count).